The maximum Gasteiger partial charge on any atom is 0.254 e. The molecule has 1 fully saturated rings. The van der Waals surface area contributed by atoms with Gasteiger partial charge >= 0.3 is 0 Å². The molecule has 0 radical (unpaired) electrons. The third-order valence-corrected chi connectivity index (χ3v) is 3.69. The van der Waals surface area contributed by atoms with Crippen molar-refractivity contribution in [3.8, 4) is 0 Å². The van der Waals surface area contributed by atoms with Crippen LogP contribution in [0.5, 0.6) is 0 Å². The van der Waals surface area contributed by atoms with E-state index in [-0.39, 0.29) is 5.91 Å². The Hall–Kier alpha value is -2.04. The molecule has 20 heavy (non-hydrogen) atoms. The minimum absolute atomic E-state index is 0.101. The lowest BCUT2D eigenvalue weighted by Gasteiger charge is -2.09. The Morgan fingerprint density at radius 1 is 1.55 bits per heavy atom. The van der Waals surface area contributed by atoms with Crippen molar-refractivity contribution in [1.82, 2.24) is 14.9 Å². The van der Waals surface area contributed by atoms with Gasteiger partial charge in [-0.3, -0.25) is 4.79 Å². The first kappa shape index (κ1) is 13.0. The Morgan fingerprint density at radius 2 is 2.40 bits per heavy atom. The normalized spacial score (nSPS) is 14.4. The lowest BCUT2D eigenvalue weighted by molar-refractivity contribution is 0.0953. The van der Waals surface area contributed by atoms with E-state index in [1.807, 2.05) is 6.20 Å². The number of aromatic nitrogens is 2. The molecule has 0 atom stereocenters. The van der Waals surface area contributed by atoms with Crippen LogP contribution in [0.25, 0.3) is 0 Å². The van der Waals surface area contributed by atoms with E-state index in [4.69, 9.17) is 4.42 Å². The highest BCUT2D eigenvalue weighted by Crippen LogP contribution is 2.31. The van der Waals surface area contributed by atoms with Crippen LogP contribution in [0.1, 0.15) is 34.7 Å². The predicted octanol–water partition coefficient (Wildman–Crippen LogP) is 2.17. The molecule has 2 heterocycles. The fourth-order valence-corrected chi connectivity index (χ4v) is 2.30. The molecule has 0 aliphatic heterocycles. The Bertz CT molecular complexity index is 582. The zero-order chi connectivity index (χ0) is 13.9. The van der Waals surface area contributed by atoms with Crippen molar-refractivity contribution in [2.24, 2.45) is 5.92 Å². The summed E-state index contributed by atoms with van der Waals surface area (Å²) in [6.45, 7) is 3.74. The van der Waals surface area contributed by atoms with Gasteiger partial charge in [-0.05, 0) is 31.7 Å². The Balaban J connectivity index is 1.54. The quantitative estimate of drug-likeness (QED) is 0.877. The Labute approximate surface area is 118 Å². The molecule has 3 rings (SSSR count). The summed E-state index contributed by atoms with van der Waals surface area (Å²) in [5, 5.41) is 2.89. The van der Waals surface area contributed by atoms with Crippen LogP contribution in [-0.2, 0) is 13.0 Å². The number of aryl methyl sites for hydroxylation is 1. The van der Waals surface area contributed by atoms with Crippen molar-refractivity contribution < 1.29 is 9.21 Å². The molecule has 1 amide bonds. The molecule has 2 aromatic rings. The van der Waals surface area contributed by atoms with E-state index >= 15 is 0 Å². The van der Waals surface area contributed by atoms with Crippen LogP contribution in [0, 0.1) is 12.8 Å². The number of hydrogen-bond acceptors (Lipinski definition) is 3. The van der Waals surface area contributed by atoms with E-state index in [0.29, 0.717) is 12.1 Å². The van der Waals surface area contributed by atoms with Gasteiger partial charge in [0.15, 0.2) is 0 Å². The van der Waals surface area contributed by atoms with Crippen LogP contribution in [0.3, 0.4) is 0 Å². The first-order chi connectivity index (χ1) is 9.74. The molecule has 0 bridgehead atoms. The number of carbonyl (C=O) groups is 1. The van der Waals surface area contributed by atoms with E-state index in [1.165, 1.54) is 31.1 Å². The molecule has 0 unspecified atom stereocenters. The molecule has 5 heteroatoms. The predicted molar refractivity (Wildman–Crippen MR) is 74.4 cm³/mol. The monoisotopic (exact) mass is 273 g/mol. The fourth-order valence-electron chi connectivity index (χ4n) is 2.30. The molecule has 5 nitrogen and oxygen atoms in total. The van der Waals surface area contributed by atoms with Gasteiger partial charge in [0.2, 0.25) is 0 Å². The first-order valence-corrected chi connectivity index (χ1v) is 7.05. The van der Waals surface area contributed by atoms with Crippen LogP contribution in [0.4, 0.5) is 0 Å². The third-order valence-electron chi connectivity index (χ3n) is 3.69. The van der Waals surface area contributed by atoms with Gasteiger partial charge in [0.25, 0.3) is 5.91 Å². The van der Waals surface area contributed by atoms with Crippen molar-refractivity contribution in [1.29, 1.82) is 0 Å². The Morgan fingerprint density at radius 3 is 3.10 bits per heavy atom. The molecule has 1 aliphatic rings. The first-order valence-electron chi connectivity index (χ1n) is 7.05. The number of rotatable bonds is 6. The summed E-state index contributed by atoms with van der Waals surface area (Å²) < 4.78 is 7.18. The zero-order valence-electron chi connectivity index (χ0n) is 11.6. The number of imidazole rings is 1. The molecule has 1 aliphatic carbocycles. The van der Waals surface area contributed by atoms with E-state index in [9.17, 15) is 4.79 Å². The SMILES string of the molecule is Cc1cnc(CCNC(=O)c2ccoc2)n1CC1CC1. The number of carbonyl (C=O) groups excluding carboxylic acids is 1. The third kappa shape index (κ3) is 2.92. The number of nitrogens with zero attached hydrogens (tertiary/aromatic N) is 2. The van der Waals surface area contributed by atoms with Crippen LogP contribution in [0.2, 0.25) is 0 Å². The topological polar surface area (TPSA) is 60.1 Å². The molecule has 1 N–H and O–H groups in total. The van der Waals surface area contributed by atoms with Crippen LogP contribution in [-0.4, -0.2) is 22.0 Å². The number of hydrogen-bond donors (Lipinski definition) is 1. The van der Waals surface area contributed by atoms with Gasteiger partial charge in [0.05, 0.1) is 11.8 Å². The lowest BCUT2D eigenvalue weighted by Crippen LogP contribution is -2.26. The highest BCUT2D eigenvalue weighted by molar-refractivity contribution is 5.93. The molecular formula is C15H19N3O2. The second-order valence-electron chi connectivity index (χ2n) is 5.39. The van der Waals surface area contributed by atoms with Crippen molar-refractivity contribution in [2.75, 3.05) is 6.54 Å². The van der Waals surface area contributed by atoms with E-state index in [2.05, 4.69) is 21.8 Å². The molecule has 1 saturated carbocycles. The summed E-state index contributed by atoms with van der Waals surface area (Å²) in [4.78, 5) is 16.2. The molecule has 2 aromatic heterocycles. The van der Waals surface area contributed by atoms with Gasteiger partial charge in [-0.15, -0.1) is 0 Å². The summed E-state index contributed by atoms with van der Waals surface area (Å²) in [7, 11) is 0. The second kappa shape index (κ2) is 5.53. The van der Waals surface area contributed by atoms with Crippen molar-refractivity contribution in [3.05, 3.63) is 41.9 Å². The molecule has 0 spiro atoms. The van der Waals surface area contributed by atoms with E-state index in [0.717, 1.165) is 24.7 Å². The highest BCUT2D eigenvalue weighted by Gasteiger charge is 2.23. The van der Waals surface area contributed by atoms with E-state index in [1.54, 1.807) is 6.07 Å². The number of nitrogens with one attached hydrogen (secondary N) is 1. The smallest absolute Gasteiger partial charge is 0.254 e. The fraction of sp³-hybridized carbons (Fsp3) is 0.467. The van der Waals surface area contributed by atoms with Gasteiger partial charge < -0.3 is 14.3 Å². The summed E-state index contributed by atoms with van der Waals surface area (Å²) in [5.41, 5.74) is 1.76. The largest absolute Gasteiger partial charge is 0.472 e. The summed E-state index contributed by atoms with van der Waals surface area (Å²) >= 11 is 0. The van der Waals surface area contributed by atoms with Gasteiger partial charge in [-0.2, -0.15) is 0 Å². The minimum Gasteiger partial charge on any atom is -0.472 e. The van der Waals surface area contributed by atoms with Gasteiger partial charge in [0.1, 0.15) is 12.1 Å². The minimum atomic E-state index is -0.101. The average molecular weight is 273 g/mol. The maximum absolute atomic E-state index is 11.8. The maximum atomic E-state index is 11.8. The van der Waals surface area contributed by atoms with E-state index < -0.39 is 0 Å². The summed E-state index contributed by atoms with van der Waals surface area (Å²) in [6, 6.07) is 1.66. The lowest BCUT2D eigenvalue weighted by atomic mass is 10.3. The van der Waals surface area contributed by atoms with Crippen molar-refractivity contribution in [3.63, 3.8) is 0 Å². The summed E-state index contributed by atoms with van der Waals surface area (Å²) in [5.74, 6) is 1.78. The van der Waals surface area contributed by atoms with Crippen molar-refractivity contribution in [2.45, 2.75) is 32.7 Å². The molecular weight excluding hydrogens is 254 g/mol. The summed E-state index contributed by atoms with van der Waals surface area (Å²) in [6.07, 6.45) is 8.27. The van der Waals surface area contributed by atoms with Crippen molar-refractivity contribution >= 4 is 5.91 Å². The van der Waals surface area contributed by atoms with Gasteiger partial charge in [-0.25, -0.2) is 4.98 Å². The van der Waals surface area contributed by atoms with Crippen LogP contribution >= 0.6 is 0 Å². The Kier molecular flexibility index (Phi) is 3.58. The average Bonchev–Trinajstić information content (AvgIpc) is 2.96. The highest BCUT2D eigenvalue weighted by atomic mass is 16.3. The number of amides is 1. The second-order valence-corrected chi connectivity index (χ2v) is 5.39. The molecule has 106 valence electrons. The zero-order valence-corrected chi connectivity index (χ0v) is 11.6. The van der Waals surface area contributed by atoms with Crippen LogP contribution < -0.4 is 5.32 Å². The standard InChI is InChI=1S/C15H19N3O2/c1-11-8-17-14(18(11)9-12-2-3-12)4-6-16-15(19)13-5-7-20-10-13/h5,7-8,10,12H,2-4,6,9H2,1H3,(H,16,19). The van der Waals surface area contributed by atoms with Gasteiger partial charge in [-0.1, -0.05) is 0 Å². The van der Waals surface area contributed by atoms with Crippen LogP contribution in [0.15, 0.2) is 29.2 Å². The molecule has 0 saturated heterocycles. The molecule has 0 aromatic carbocycles. The van der Waals surface area contributed by atoms with Gasteiger partial charge in [0, 0.05) is 31.4 Å². The number of furan rings is 1.